The number of aliphatic carboxylic acids is 1. The van der Waals surface area contributed by atoms with Crippen LogP contribution in [0.25, 0.3) is 0 Å². The zero-order chi connectivity index (χ0) is 12.3. The molecule has 0 radical (unpaired) electrons. The normalized spacial score (nSPS) is 25.0. The minimum atomic E-state index is -1.06. The largest absolute Gasteiger partial charge is 0.480 e. The van der Waals surface area contributed by atoms with Crippen molar-refractivity contribution in [1.29, 1.82) is 0 Å². The molecule has 1 fully saturated rings. The number of nitrogens with two attached hydrogens (primary N) is 1. The molecule has 0 bridgehead atoms. The van der Waals surface area contributed by atoms with Crippen LogP contribution in [0, 0.1) is 0 Å². The van der Waals surface area contributed by atoms with Gasteiger partial charge in [-0.2, -0.15) is 0 Å². The summed E-state index contributed by atoms with van der Waals surface area (Å²) < 4.78 is 0. The zero-order valence-electron chi connectivity index (χ0n) is 9.67. The van der Waals surface area contributed by atoms with Gasteiger partial charge in [0.15, 0.2) is 0 Å². The Hall–Kier alpha value is -1.46. The molecule has 0 saturated carbocycles. The van der Waals surface area contributed by atoms with Crippen molar-refractivity contribution in [1.82, 2.24) is 9.88 Å². The van der Waals surface area contributed by atoms with Gasteiger partial charge in [-0.3, -0.25) is 9.78 Å². The van der Waals surface area contributed by atoms with Crippen LogP contribution < -0.4 is 5.73 Å². The van der Waals surface area contributed by atoms with Crippen LogP contribution >= 0.6 is 0 Å². The number of aromatic nitrogens is 1. The van der Waals surface area contributed by atoms with Crippen molar-refractivity contribution in [3.63, 3.8) is 0 Å². The predicted molar refractivity (Wildman–Crippen MR) is 63.6 cm³/mol. The number of carboxylic acids is 1. The van der Waals surface area contributed by atoms with Crippen LogP contribution in [-0.4, -0.2) is 46.1 Å². The van der Waals surface area contributed by atoms with Gasteiger partial charge in [0.2, 0.25) is 0 Å². The van der Waals surface area contributed by atoms with E-state index < -0.39 is 11.5 Å². The molecule has 1 atom stereocenters. The minimum absolute atomic E-state index is 0.433. The van der Waals surface area contributed by atoms with Gasteiger partial charge in [0.25, 0.3) is 0 Å². The van der Waals surface area contributed by atoms with E-state index in [1.807, 2.05) is 18.3 Å². The average molecular weight is 235 g/mol. The SMILES string of the molecule is NC1(C(=O)O)CCN(CCc2cccnc2)C1. The molecule has 1 aromatic rings. The van der Waals surface area contributed by atoms with Crippen molar-refractivity contribution in [2.24, 2.45) is 5.73 Å². The van der Waals surface area contributed by atoms with Crippen molar-refractivity contribution in [3.05, 3.63) is 30.1 Å². The van der Waals surface area contributed by atoms with Crippen molar-refractivity contribution >= 4 is 5.97 Å². The molecule has 1 unspecified atom stereocenters. The first-order valence-corrected chi connectivity index (χ1v) is 5.74. The smallest absolute Gasteiger partial charge is 0.325 e. The molecule has 92 valence electrons. The summed E-state index contributed by atoms with van der Waals surface area (Å²) in [5, 5.41) is 9.01. The number of hydrogen-bond acceptors (Lipinski definition) is 4. The lowest BCUT2D eigenvalue weighted by Crippen LogP contribution is -2.50. The maximum atomic E-state index is 11.0. The molecule has 3 N–H and O–H groups in total. The second-order valence-corrected chi connectivity index (χ2v) is 4.60. The Morgan fingerprint density at radius 1 is 1.65 bits per heavy atom. The van der Waals surface area contributed by atoms with Gasteiger partial charge in [-0.25, -0.2) is 0 Å². The molecular formula is C12H17N3O2. The molecule has 17 heavy (non-hydrogen) atoms. The summed E-state index contributed by atoms with van der Waals surface area (Å²) in [7, 11) is 0. The van der Waals surface area contributed by atoms with Gasteiger partial charge in [-0.1, -0.05) is 6.07 Å². The van der Waals surface area contributed by atoms with Crippen molar-refractivity contribution in [3.8, 4) is 0 Å². The standard InChI is InChI=1S/C12H17N3O2/c13-12(11(16)17)4-7-15(9-12)6-3-10-2-1-5-14-8-10/h1-2,5,8H,3-4,6-7,9,13H2,(H,16,17). The van der Waals surface area contributed by atoms with E-state index in [9.17, 15) is 4.79 Å². The molecule has 5 heteroatoms. The van der Waals surface area contributed by atoms with Crippen LogP contribution in [0.1, 0.15) is 12.0 Å². The average Bonchev–Trinajstić information content (AvgIpc) is 2.72. The second-order valence-electron chi connectivity index (χ2n) is 4.60. The summed E-state index contributed by atoms with van der Waals surface area (Å²) in [6.07, 6.45) is 4.98. The number of carbonyl (C=O) groups is 1. The highest BCUT2D eigenvalue weighted by Gasteiger charge is 2.40. The van der Waals surface area contributed by atoms with Gasteiger partial charge in [0.1, 0.15) is 5.54 Å². The Kier molecular flexibility index (Phi) is 3.40. The summed E-state index contributed by atoms with van der Waals surface area (Å²) in [4.78, 5) is 17.1. The first kappa shape index (κ1) is 12.0. The fourth-order valence-electron chi connectivity index (χ4n) is 2.11. The summed E-state index contributed by atoms with van der Waals surface area (Å²) in [6.45, 7) is 2.02. The molecule has 2 rings (SSSR count). The highest BCUT2D eigenvalue weighted by molar-refractivity contribution is 5.79. The van der Waals surface area contributed by atoms with E-state index in [1.54, 1.807) is 6.20 Å². The van der Waals surface area contributed by atoms with E-state index in [-0.39, 0.29) is 0 Å². The Labute approximate surface area is 100 Å². The van der Waals surface area contributed by atoms with Crippen molar-refractivity contribution in [2.75, 3.05) is 19.6 Å². The van der Waals surface area contributed by atoms with Gasteiger partial charge in [-0.05, 0) is 24.5 Å². The maximum Gasteiger partial charge on any atom is 0.325 e. The Balaban J connectivity index is 1.85. The first-order valence-electron chi connectivity index (χ1n) is 5.74. The van der Waals surface area contributed by atoms with E-state index in [1.165, 1.54) is 0 Å². The maximum absolute atomic E-state index is 11.0. The van der Waals surface area contributed by atoms with Crippen LogP contribution in [0.3, 0.4) is 0 Å². The fourth-order valence-corrected chi connectivity index (χ4v) is 2.11. The highest BCUT2D eigenvalue weighted by atomic mass is 16.4. The third kappa shape index (κ3) is 2.81. The topological polar surface area (TPSA) is 79.5 Å². The lowest BCUT2D eigenvalue weighted by atomic mass is 10.0. The van der Waals surface area contributed by atoms with Crippen LogP contribution in [0.4, 0.5) is 0 Å². The van der Waals surface area contributed by atoms with E-state index in [0.29, 0.717) is 13.0 Å². The summed E-state index contributed by atoms with van der Waals surface area (Å²) >= 11 is 0. The van der Waals surface area contributed by atoms with Gasteiger partial charge >= 0.3 is 5.97 Å². The van der Waals surface area contributed by atoms with Gasteiger partial charge < -0.3 is 15.7 Å². The van der Waals surface area contributed by atoms with Crippen molar-refractivity contribution in [2.45, 2.75) is 18.4 Å². The lowest BCUT2D eigenvalue weighted by Gasteiger charge is -2.19. The van der Waals surface area contributed by atoms with Crippen LogP contribution in [0.15, 0.2) is 24.5 Å². The summed E-state index contributed by atoms with van der Waals surface area (Å²) in [5.41, 5.74) is 5.91. The van der Waals surface area contributed by atoms with Gasteiger partial charge in [0.05, 0.1) is 0 Å². The van der Waals surface area contributed by atoms with E-state index in [4.69, 9.17) is 10.8 Å². The molecule has 1 saturated heterocycles. The second kappa shape index (κ2) is 4.81. The molecule has 1 aromatic heterocycles. The third-order valence-electron chi connectivity index (χ3n) is 3.25. The van der Waals surface area contributed by atoms with E-state index in [0.717, 1.165) is 25.1 Å². The predicted octanol–water partition coefficient (Wildman–Crippen LogP) is 0.112. The molecule has 1 aliphatic heterocycles. The minimum Gasteiger partial charge on any atom is -0.480 e. The number of rotatable bonds is 4. The van der Waals surface area contributed by atoms with Crippen LogP contribution in [0.2, 0.25) is 0 Å². The summed E-state index contributed by atoms with van der Waals surface area (Å²) in [5.74, 6) is -0.902. The quantitative estimate of drug-likeness (QED) is 0.774. The number of carboxylic acid groups (broad SMARTS) is 1. The van der Waals surface area contributed by atoms with E-state index in [2.05, 4.69) is 9.88 Å². The molecule has 5 nitrogen and oxygen atoms in total. The molecule has 1 aliphatic rings. The molecule has 0 aliphatic carbocycles. The summed E-state index contributed by atoms with van der Waals surface area (Å²) in [6, 6.07) is 3.93. The number of pyridine rings is 1. The highest BCUT2D eigenvalue weighted by Crippen LogP contribution is 2.19. The Morgan fingerprint density at radius 2 is 2.47 bits per heavy atom. The van der Waals surface area contributed by atoms with E-state index >= 15 is 0 Å². The van der Waals surface area contributed by atoms with Crippen LogP contribution in [-0.2, 0) is 11.2 Å². The Bertz CT molecular complexity index is 396. The van der Waals surface area contributed by atoms with Gasteiger partial charge in [-0.15, -0.1) is 0 Å². The molecule has 0 spiro atoms. The Morgan fingerprint density at radius 3 is 3.06 bits per heavy atom. The fraction of sp³-hybridized carbons (Fsp3) is 0.500. The third-order valence-corrected chi connectivity index (χ3v) is 3.25. The van der Waals surface area contributed by atoms with Crippen molar-refractivity contribution < 1.29 is 9.90 Å². The molecule has 0 aromatic carbocycles. The monoisotopic (exact) mass is 235 g/mol. The zero-order valence-corrected chi connectivity index (χ0v) is 9.67. The molecular weight excluding hydrogens is 218 g/mol. The number of nitrogens with zero attached hydrogens (tertiary/aromatic N) is 2. The molecule has 0 amide bonds. The number of hydrogen-bond donors (Lipinski definition) is 2. The number of likely N-dealkylation sites (tertiary alicyclic amines) is 1. The lowest BCUT2D eigenvalue weighted by molar-refractivity contribution is -0.142. The van der Waals surface area contributed by atoms with Gasteiger partial charge in [0, 0.05) is 32.0 Å². The molecule has 2 heterocycles. The van der Waals surface area contributed by atoms with Crippen LogP contribution in [0.5, 0.6) is 0 Å². The first-order chi connectivity index (χ1) is 8.10.